The lowest BCUT2D eigenvalue weighted by molar-refractivity contribution is -0.192. The van der Waals surface area contributed by atoms with E-state index in [1.165, 1.54) is 0 Å². The number of aliphatic hydroxyl groups is 2. The van der Waals surface area contributed by atoms with E-state index in [0.717, 1.165) is 0 Å². The summed E-state index contributed by atoms with van der Waals surface area (Å²) in [6.07, 6.45) is -0.0566. The molecule has 0 unspecified atom stereocenters. The maximum Gasteiger partial charge on any atom is 0.334 e. The van der Waals surface area contributed by atoms with Crippen LogP contribution in [-0.2, 0) is 19.1 Å². The SMILES string of the molecule is CCCC(OC(=O)CO)OC(=O)CO. The summed E-state index contributed by atoms with van der Waals surface area (Å²) in [5.74, 6) is -1.73. The topological polar surface area (TPSA) is 93.1 Å². The zero-order valence-electron chi connectivity index (χ0n) is 7.93. The van der Waals surface area contributed by atoms with E-state index in [9.17, 15) is 9.59 Å². The van der Waals surface area contributed by atoms with Gasteiger partial charge in [0, 0.05) is 6.42 Å². The molecule has 0 rings (SSSR count). The molecular weight excluding hydrogens is 192 g/mol. The molecule has 0 aliphatic heterocycles. The Kier molecular flexibility index (Phi) is 6.69. The highest BCUT2D eigenvalue weighted by molar-refractivity contribution is 5.72. The van der Waals surface area contributed by atoms with E-state index < -0.39 is 31.4 Å². The lowest BCUT2D eigenvalue weighted by Crippen LogP contribution is -2.27. The lowest BCUT2D eigenvalue weighted by Gasteiger charge is -2.16. The molecule has 0 saturated carbocycles. The second-order valence-corrected chi connectivity index (χ2v) is 2.51. The monoisotopic (exact) mass is 206 g/mol. The van der Waals surface area contributed by atoms with Crippen molar-refractivity contribution in [1.29, 1.82) is 0 Å². The van der Waals surface area contributed by atoms with Gasteiger partial charge in [-0.05, 0) is 6.42 Å². The van der Waals surface area contributed by atoms with Gasteiger partial charge in [0.25, 0.3) is 0 Å². The van der Waals surface area contributed by atoms with Crippen LogP contribution in [0, 0.1) is 0 Å². The third-order valence-electron chi connectivity index (χ3n) is 1.31. The van der Waals surface area contributed by atoms with Crippen LogP contribution in [0.1, 0.15) is 19.8 Å². The molecule has 0 aliphatic carbocycles. The van der Waals surface area contributed by atoms with E-state index >= 15 is 0 Å². The molecule has 14 heavy (non-hydrogen) atoms. The van der Waals surface area contributed by atoms with Crippen molar-refractivity contribution in [3.8, 4) is 0 Å². The van der Waals surface area contributed by atoms with Gasteiger partial charge in [-0.25, -0.2) is 9.59 Å². The Morgan fingerprint density at radius 3 is 1.86 bits per heavy atom. The van der Waals surface area contributed by atoms with Crippen LogP contribution >= 0.6 is 0 Å². The Morgan fingerprint density at radius 2 is 1.57 bits per heavy atom. The van der Waals surface area contributed by atoms with Gasteiger partial charge in [0.2, 0.25) is 6.29 Å². The fourth-order valence-electron chi connectivity index (χ4n) is 0.745. The smallest absolute Gasteiger partial charge is 0.334 e. The molecule has 0 aromatic rings. The molecule has 0 amide bonds. The molecule has 0 atom stereocenters. The predicted octanol–water partition coefficient (Wildman–Crippen LogP) is -0.816. The molecule has 6 heteroatoms. The number of carbonyl (C=O) groups is 2. The van der Waals surface area contributed by atoms with Crippen LogP contribution in [0.15, 0.2) is 0 Å². The first kappa shape index (κ1) is 12.9. The first-order valence-corrected chi connectivity index (χ1v) is 4.24. The van der Waals surface area contributed by atoms with Crippen molar-refractivity contribution >= 4 is 11.9 Å². The van der Waals surface area contributed by atoms with Gasteiger partial charge in [0.15, 0.2) is 0 Å². The zero-order chi connectivity index (χ0) is 11.0. The predicted molar refractivity (Wildman–Crippen MR) is 45.1 cm³/mol. The van der Waals surface area contributed by atoms with Crippen LogP contribution in [0.2, 0.25) is 0 Å². The summed E-state index contributed by atoms with van der Waals surface area (Å²) in [6, 6.07) is 0. The quantitative estimate of drug-likeness (QED) is 0.436. The summed E-state index contributed by atoms with van der Waals surface area (Å²) in [5, 5.41) is 16.8. The van der Waals surface area contributed by atoms with E-state index in [2.05, 4.69) is 9.47 Å². The number of hydrogen-bond donors (Lipinski definition) is 2. The Bertz CT molecular complexity index is 172. The van der Waals surface area contributed by atoms with Gasteiger partial charge in [-0.2, -0.15) is 0 Å². The third kappa shape index (κ3) is 5.50. The summed E-state index contributed by atoms with van der Waals surface area (Å²) in [5.41, 5.74) is 0. The van der Waals surface area contributed by atoms with Crippen molar-refractivity contribution in [3.63, 3.8) is 0 Å². The molecule has 0 fully saturated rings. The number of ether oxygens (including phenoxy) is 2. The van der Waals surface area contributed by atoms with Crippen molar-refractivity contribution < 1.29 is 29.3 Å². The van der Waals surface area contributed by atoms with E-state index in [0.29, 0.717) is 12.8 Å². The van der Waals surface area contributed by atoms with E-state index in [1.54, 1.807) is 0 Å². The summed E-state index contributed by atoms with van der Waals surface area (Å²) in [6.45, 7) is 0.278. The van der Waals surface area contributed by atoms with Crippen molar-refractivity contribution in [1.82, 2.24) is 0 Å². The maximum absolute atomic E-state index is 10.6. The second-order valence-electron chi connectivity index (χ2n) is 2.51. The highest BCUT2D eigenvalue weighted by Gasteiger charge is 2.16. The third-order valence-corrected chi connectivity index (χ3v) is 1.31. The summed E-state index contributed by atoms with van der Waals surface area (Å²) in [7, 11) is 0. The standard InChI is InChI=1S/C8H14O6/c1-2-3-8(13-6(11)4-9)14-7(12)5-10/h8-10H,2-5H2,1H3. The van der Waals surface area contributed by atoms with Gasteiger partial charge in [-0.15, -0.1) is 0 Å². The molecule has 0 bridgehead atoms. The fourth-order valence-corrected chi connectivity index (χ4v) is 0.745. The largest absolute Gasteiger partial charge is 0.423 e. The molecule has 0 aromatic heterocycles. The molecule has 0 spiro atoms. The molecule has 82 valence electrons. The summed E-state index contributed by atoms with van der Waals surface area (Å²) in [4.78, 5) is 21.3. The normalized spacial score (nSPS) is 10.0. The maximum atomic E-state index is 10.6. The molecular formula is C8H14O6. The number of rotatable bonds is 6. The Balaban J connectivity index is 4.00. The van der Waals surface area contributed by atoms with Crippen LogP contribution in [0.5, 0.6) is 0 Å². The molecule has 0 aliphatic rings. The molecule has 2 N–H and O–H groups in total. The van der Waals surface area contributed by atoms with Crippen LogP contribution in [-0.4, -0.2) is 41.7 Å². The zero-order valence-corrected chi connectivity index (χ0v) is 7.93. The second kappa shape index (κ2) is 7.28. The van der Waals surface area contributed by atoms with Crippen molar-refractivity contribution in [2.75, 3.05) is 13.2 Å². The van der Waals surface area contributed by atoms with Gasteiger partial charge in [-0.3, -0.25) is 0 Å². The van der Waals surface area contributed by atoms with Gasteiger partial charge in [0.05, 0.1) is 0 Å². The van der Waals surface area contributed by atoms with E-state index in [4.69, 9.17) is 10.2 Å². The molecule has 6 nitrogen and oxygen atoms in total. The minimum atomic E-state index is -1.03. The van der Waals surface area contributed by atoms with Crippen LogP contribution in [0.3, 0.4) is 0 Å². The number of esters is 2. The van der Waals surface area contributed by atoms with Gasteiger partial charge >= 0.3 is 11.9 Å². The molecule has 0 heterocycles. The highest BCUT2D eigenvalue weighted by Crippen LogP contribution is 2.04. The number of aliphatic hydroxyl groups excluding tert-OH is 2. The van der Waals surface area contributed by atoms with Crippen LogP contribution in [0.25, 0.3) is 0 Å². The summed E-state index contributed by atoms with van der Waals surface area (Å²) < 4.78 is 9.14. The van der Waals surface area contributed by atoms with E-state index in [-0.39, 0.29) is 0 Å². The number of carbonyl (C=O) groups excluding carboxylic acids is 2. The highest BCUT2D eigenvalue weighted by atomic mass is 16.7. The fraction of sp³-hybridized carbons (Fsp3) is 0.750. The minimum Gasteiger partial charge on any atom is -0.423 e. The average Bonchev–Trinajstić information content (AvgIpc) is 2.17. The molecule has 0 saturated heterocycles. The molecule has 0 radical (unpaired) electrons. The first-order valence-electron chi connectivity index (χ1n) is 4.24. The van der Waals surface area contributed by atoms with Gasteiger partial charge in [-0.1, -0.05) is 6.92 Å². The van der Waals surface area contributed by atoms with Crippen molar-refractivity contribution in [2.45, 2.75) is 26.1 Å². The Morgan fingerprint density at radius 1 is 1.14 bits per heavy atom. The first-order chi connectivity index (χ1) is 6.63. The molecule has 0 aromatic carbocycles. The van der Waals surface area contributed by atoms with Gasteiger partial charge in [0.1, 0.15) is 13.2 Å². The van der Waals surface area contributed by atoms with E-state index in [1.807, 2.05) is 6.92 Å². The van der Waals surface area contributed by atoms with Crippen molar-refractivity contribution in [3.05, 3.63) is 0 Å². The average molecular weight is 206 g/mol. The number of hydrogen-bond acceptors (Lipinski definition) is 6. The lowest BCUT2D eigenvalue weighted by atomic mass is 10.3. The van der Waals surface area contributed by atoms with Crippen LogP contribution in [0.4, 0.5) is 0 Å². The van der Waals surface area contributed by atoms with Crippen molar-refractivity contribution in [2.24, 2.45) is 0 Å². The van der Waals surface area contributed by atoms with Crippen LogP contribution < -0.4 is 0 Å². The Labute approximate surface area is 81.4 Å². The van der Waals surface area contributed by atoms with Gasteiger partial charge < -0.3 is 19.7 Å². The minimum absolute atomic E-state index is 0.331. The summed E-state index contributed by atoms with van der Waals surface area (Å²) >= 11 is 0. The Hall–Kier alpha value is -1.14.